The molecule has 0 N–H and O–H groups in total. The van der Waals surface area contributed by atoms with Crippen LogP contribution in [-0.4, -0.2) is 0 Å². The van der Waals surface area contributed by atoms with E-state index in [0.29, 0.717) is 5.92 Å². The number of hydrogen-bond donors (Lipinski definition) is 0. The van der Waals surface area contributed by atoms with E-state index >= 15 is 0 Å². The van der Waals surface area contributed by atoms with Crippen molar-refractivity contribution in [2.75, 3.05) is 0 Å². The summed E-state index contributed by atoms with van der Waals surface area (Å²) in [6, 6.07) is 0. The van der Waals surface area contributed by atoms with E-state index in [1.807, 2.05) is 18.2 Å². The number of allylic oxidation sites excluding steroid dienone is 3. The minimum absolute atomic E-state index is 0.514. The van der Waals surface area contributed by atoms with Crippen LogP contribution >= 0.6 is 15.9 Å². The van der Waals surface area contributed by atoms with Crippen molar-refractivity contribution in [3.05, 3.63) is 28.4 Å². The molecule has 0 radical (unpaired) electrons. The summed E-state index contributed by atoms with van der Waals surface area (Å²) in [4.78, 5) is 0. The Morgan fingerprint density at radius 3 is 2.88 bits per heavy atom. The molecule has 0 aliphatic heterocycles. The van der Waals surface area contributed by atoms with E-state index in [1.54, 1.807) is 0 Å². The largest absolute Gasteiger partial charge is 0.125 e. The SMILES string of the molecule is CC1C=C=CC=C1Br. The third-order valence-corrected chi connectivity index (χ3v) is 2.11. The summed E-state index contributed by atoms with van der Waals surface area (Å²) in [6.07, 6.45) is 5.96. The third kappa shape index (κ3) is 1.12. The molecule has 1 aliphatic rings. The summed E-state index contributed by atoms with van der Waals surface area (Å²) in [5.74, 6) is 0.514. The highest BCUT2D eigenvalue weighted by atomic mass is 79.9. The highest BCUT2D eigenvalue weighted by Gasteiger charge is 2.00. The summed E-state index contributed by atoms with van der Waals surface area (Å²) in [5, 5.41) is 0. The fourth-order valence-corrected chi connectivity index (χ4v) is 0.823. The maximum Gasteiger partial charge on any atom is 0.0132 e. The van der Waals surface area contributed by atoms with Crippen molar-refractivity contribution in [1.82, 2.24) is 0 Å². The van der Waals surface area contributed by atoms with Gasteiger partial charge in [0.25, 0.3) is 0 Å². The topological polar surface area (TPSA) is 0 Å². The fraction of sp³-hybridized carbons (Fsp3) is 0.286. The number of rotatable bonds is 0. The maximum absolute atomic E-state index is 3.41. The van der Waals surface area contributed by atoms with Crippen LogP contribution in [0.3, 0.4) is 0 Å². The van der Waals surface area contributed by atoms with Gasteiger partial charge in [0.05, 0.1) is 0 Å². The Kier molecular flexibility index (Phi) is 1.72. The molecule has 1 aliphatic carbocycles. The Hall–Kier alpha value is -0.260. The predicted molar refractivity (Wildman–Crippen MR) is 38.8 cm³/mol. The van der Waals surface area contributed by atoms with Crippen LogP contribution in [0.25, 0.3) is 0 Å². The first kappa shape index (κ1) is 5.87. The van der Waals surface area contributed by atoms with Crippen LogP contribution in [0.2, 0.25) is 0 Å². The first-order chi connectivity index (χ1) is 3.80. The summed E-state index contributed by atoms with van der Waals surface area (Å²) in [5.41, 5.74) is 3.01. The lowest BCUT2D eigenvalue weighted by Crippen LogP contribution is -1.88. The molecule has 0 saturated heterocycles. The number of halogens is 1. The molecule has 0 bridgehead atoms. The molecule has 0 aromatic carbocycles. The van der Waals surface area contributed by atoms with Gasteiger partial charge in [-0.15, -0.1) is 5.73 Å². The maximum atomic E-state index is 3.41. The minimum Gasteiger partial charge on any atom is -0.125 e. The van der Waals surface area contributed by atoms with Crippen molar-refractivity contribution < 1.29 is 0 Å². The second-order valence-corrected chi connectivity index (χ2v) is 2.76. The predicted octanol–water partition coefficient (Wildman–Crippen LogP) is 2.63. The van der Waals surface area contributed by atoms with Gasteiger partial charge in [-0.1, -0.05) is 22.9 Å². The molecule has 0 aromatic heterocycles. The first-order valence-electron chi connectivity index (χ1n) is 2.59. The van der Waals surface area contributed by atoms with Crippen molar-refractivity contribution in [2.24, 2.45) is 5.92 Å². The second kappa shape index (κ2) is 2.34. The van der Waals surface area contributed by atoms with Gasteiger partial charge >= 0.3 is 0 Å². The summed E-state index contributed by atoms with van der Waals surface area (Å²) in [7, 11) is 0. The van der Waals surface area contributed by atoms with E-state index < -0.39 is 0 Å². The van der Waals surface area contributed by atoms with Crippen molar-refractivity contribution in [1.29, 1.82) is 0 Å². The van der Waals surface area contributed by atoms with Gasteiger partial charge in [-0.05, 0) is 18.2 Å². The molecule has 42 valence electrons. The zero-order valence-electron chi connectivity index (χ0n) is 4.69. The van der Waals surface area contributed by atoms with E-state index in [1.165, 1.54) is 4.48 Å². The van der Waals surface area contributed by atoms with Gasteiger partial charge in [-0.3, -0.25) is 0 Å². The molecule has 1 atom stereocenters. The van der Waals surface area contributed by atoms with Crippen molar-refractivity contribution >= 4 is 15.9 Å². The molecular formula is C7H7Br. The van der Waals surface area contributed by atoms with Crippen LogP contribution in [0, 0.1) is 5.92 Å². The molecule has 0 saturated carbocycles. The van der Waals surface area contributed by atoms with Crippen LogP contribution in [0.1, 0.15) is 6.92 Å². The molecule has 0 nitrogen and oxygen atoms in total. The van der Waals surface area contributed by atoms with Crippen molar-refractivity contribution in [3.8, 4) is 0 Å². The molecule has 0 fully saturated rings. The standard InChI is InChI=1S/C7H7Br/c1-6-4-2-3-5-7(6)8/h3-6H,1H3. The van der Waals surface area contributed by atoms with Gasteiger partial charge in [-0.2, -0.15) is 0 Å². The normalized spacial score (nSPS) is 25.8. The van der Waals surface area contributed by atoms with E-state index in [-0.39, 0.29) is 0 Å². The Balaban J connectivity index is 2.86. The highest BCUT2D eigenvalue weighted by molar-refractivity contribution is 9.11. The Labute approximate surface area is 57.7 Å². The highest BCUT2D eigenvalue weighted by Crippen LogP contribution is 2.20. The van der Waals surface area contributed by atoms with Gasteiger partial charge in [0, 0.05) is 10.4 Å². The van der Waals surface area contributed by atoms with Crippen LogP contribution in [-0.2, 0) is 0 Å². The Bertz CT molecular complexity index is 171. The van der Waals surface area contributed by atoms with E-state index in [2.05, 4.69) is 28.6 Å². The van der Waals surface area contributed by atoms with Crippen LogP contribution in [0.15, 0.2) is 28.4 Å². The summed E-state index contributed by atoms with van der Waals surface area (Å²) in [6.45, 7) is 2.13. The van der Waals surface area contributed by atoms with Gasteiger partial charge in [0.1, 0.15) is 0 Å². The Morgan fingerprint density at radius 2 is 2.50 bits per heavy atom. The van der Waals surface area contributed by atoms with Gasteiger partial charge < -0.3 is 0 Å². The van der Waals surface area contributed by atoms with Crippen molar-refractivity contribution in [3.63, 3.8) is 0 Å². The van der Waals surface area contributed by atoms with Crippen LogP contribution in [0.4, 0.5) is 0 Å². The van der Waals surface area contributed by atoms with Crippen molar-refractivity contribution in [2.45, 2.75) is 6.92 Å². The molecule has 1 unspecified atom stereocenters. The lowest BCUT2D eigenvalue weighted by atomic mass is 10.1. The van der Waals surface area contributed by atoms with E-state index in [0.717, 1.165) is 0 Å². The molecular weight excluding hydrogens is 164 g/mol. The van der Waals surface area contributed by atoms with E-state index in [4.69, 9.17) is 0 Å². The lowest BCUT2D eigenvalue weighted by molar-refractivity contribution is 0.923. The lowest BCUT2D eigenvalue weighted by Gasteiger charge is -2.03. The smallest absolute Gasteiger partial charge is 0.0132 e. The molecule has 1 rings (SSSR count). The zero-order chi connectivity index (χ0) is 5.98. The summed E-state index contributed by atoms with van der Waals surface area (Å²) >= 11 is 3.41. The van der Waals surface area contributed by atoms with Crippen LogP contribution < -0.4 is 0 Å². The fourth-order valence-electron chi connectivity index (χ4n) is 0.559. The van der Waals surface area contributed by atoms with Gasteiger partial charge in [0.15, 0.2) is 0 Å². The average Bonchev–Trinajstić information content (AvgIpc) is 1.77. The monoisotopic (exact) mass is 170 g/mol. The average molecular weight is 171 g/mol. The van der Waals surface area contributed by atoms with E-state index in [9.17, 15) is 0 Å². The molecule has 0 amide bonds. The second-order valence-electron chi connectivity index (χ2n) is 1.84. The number of hydrogen-bond acceptors (Lipinski definition) is 0. The quantitative estimate of drug-likeness (QED) is 0.491. The van der Waals surface area contributed by atoms with Crippen LogP contribution in [0.5, 0.6) is 0 Å². The zero-order valence-corrected chi connectivity index (χ0v) is 6.27. The molecule has 8 heavy (non-hydrogen) atoms. The first-order valence-corrected chi connectivity index (χ1v) is 3.38. The van der Waals surface area contributed by atoms with Gasteiger partial charge in [-0.25, -0.2) is 0 Å². The summed E-state index contributed by atoms with van der Waals surface area (Å²) < 4.78 is 1.23. The molecule has 0 spiro atoms. The Morgan fingerprint density at radius 1 is 1.75 bits per heavy atom. The molecule has 1 heteroatoms. The molecule has 0 aromatic rings. The molecule has 0 heterocycles. The third-order valence-electron chi connectivity index (χ3n) is 1.12. The van der Waals surface area contributed by atoms with Gasteiger partial charge in [0.2, 0.25) is 0 Å². The minimum atomic E-state index is 0.514.